The van der Waals surface area contributed by atoms with E-state index in [0.717, 1.165) is 41.0 Å². The normalized spacial score (nSPS) is 17.9. The Kier molecular flexibility index (Phi) is 4.82. The summed E-state index contributed by atoms with van der Waals surface area (Å²) in [5.41, 5.74) is 0.929. The van der Waals surface area contributed by atoms with Gasteiger partial charge in [-0.05, 0) is 29.8 Å². The fourth-order valence-electron chi connectivity index (χ4n) is 2.67. The van der Waals surface area contributed by atoms with Gasteiger partial charge in [0.25, 0.3) is 0 Å². The van der Waals surface area contributed by atoms with Crippen molar-refractivity contribution >= 4 is 34.5 Å². The molecule has 1 saturated heterocycles. The maximum Gasteiger partial charge on any atom is 0.124 e. The Morgan fingerprint density at radius 3 is 2.52 bits per heavy atom. The van der Waals surface area contributed by atoms with Crippen LogP contribution in [0.5, 0.6) is 0 Å². The molecule has 1 fully saturated rings. The smallest absolute Gasteiger partial charge is 0.124 e. The van der Waals surface area contributed by atoms with Crippen molar-refractivity contribution in [1.29, 1.82) is 0 Å². The molecule has 2 aromatic rings. The first-order chi connectivity index (χ1) is 10.1. The van der Waals surface area contributed by atoms with Gasteiger partial charge in [0.2, 0.25) is 0 Å². The second kappa shape index (κ2) is 6.63. The van der Waals surface area contributed by atoms with Crippen molar-refractivity contribution in [3.8, 4) is 0 Å². The summed E-state index contributed by atoms with van der Waals surface area (Å²) in [4.78, 5) is 3.49. The van der Waals surface area contributed by atoms with Gasteiger partial charge < -0.3 is 5.32 Å². The zero-order valence-electron chi connectivity index (χ0n) is 11.3. The van der Waals surface area contributed by atoms with E-state index < -0.39 is 0 Å². The molecule has 1 N–H and O–H groups in total. The minimum Gasteiger partial charge on any atom is -0.314 e. The first-order valence-corrected chi connectivity index (χ1v) is 8.37. The largest absolute Gasteiger partial charge is 0.314 e. The van der Waals surface area contributed by atoms with Crippen molar-refractivity contribution < 1.29 is 4.39 Å². The number of nitrogens with one attached hydrogen (secondary N) is 1. The molecular formula is C15H15Cl2FN2S. The van der Waals surface area contributed by atoms with Crippen LogP contribution in [0.2, 0.25) is 9.36 Å². The van der Waals surface area contributed by atoms with Crippen LogP contribution < -0.4 is 5.32 Å². The molecule has 3 rings (SSSR count). The lowest BCUT2D eigenvalue weighted by Gasteiger charge is -2.35. The summed E-state index contributed by atoms with van der Waals surface area (Å²) >= 11 is 13.9. The van der Waals surface area contributed by atoms with Gasteiger partial charge >= 0.3 is 0 Å². The molecule has 1 aromatic carbocycles. The number of hydrogen-bond acceptors (Lipinski definition) is 3. The molecule has 1 atom stereocenters. The molecule has 0 aliphatic carbocycles. The van der Waals surface area contributed by atoms with E-state index in [2.05, 4.69) is 10.2 Å². The lowest BCUT2D eigenvalue weighted by molar-refractivity contribution is 0.200. The maximum atomic E-state index is 13.3. The molecule has 1 aliphatic heterocycles. The Hall–Kier alpha value is -0.650. The Bertz CT molecular complexity index is 626. The highest BCUT2D eigenvalue weighted by molar-refractivity contribution is 7.16. The van der Waals surface area contributed by atoms with Crippen molar-refractivity contribution in [1.82, 2.24) is 10.2 Å². The Morgan fingerprint density at radius 1 is 1.14 bits per heavy atom. The topological polar surface area (TPSA) is 15.3 Å². The van der Waals surface area contributed by atoms with Gasteiger partial charge in [-0.2, -0.15) is 0 Å². The molecule has 0 radical (unpaired) electrons. The number of halogens is 3. The van der Waals surface area contributed by atoms with Crippen molar-refractivity contribution in [2.45, 2.75) is 6.04 Å². The van der Waals surface area contributed by atoms with Crippen molar-refractivity contribution in [3.63, 3.8) is 0 Å². The average Bonchev–Trinajstić information content (AvgIpc) is 2.89. The molecule has 0 unspecified atom stereocenters. The highest BCUT2D eigenvalue weighted by Gasteiger charge is 2.27. The van der Waals surface area contributed by atoms with Gasteiger partial charge in [-0.3, -0.25) is 4.90 Å². The summed E-state index contributed by atoms with van der Waals surface area (Å²) in [6.45, 7) is 3.73. The second-order valence-corrected chi connectivity index (χ2v) is 7.15. The first-order valence-electron chi connectivity index (χ1n) is 6.80. The van der Waals surface area contributed by atoms with Crippen molar-refractivity contribution in [2.75, 3.05) is 26.2 Å². The fourth-order valence-corrected chi connectivity index (χ4v) is 4.15. The monoisotopic (exact) mass is 344 g/mol. The van der Waals surface area contributed by atoms with Crippen LogP contribution in [0.4, 0.5) is 4.39 Å². The SMILES string of the molecule is Fc1ccc([C@@H](c2ccc(Cl)s2)N2CCNCC2)c(Cl)c1. The van der Waals surface area contributed by atoms with E-state index in [1.54, 1.807) is 17.4 Å². The zero-order valence-corrected chi connectivity index (χ0v) is 13.6. The molecule has 6 heteroatoms. The minimum atomic E-state index is -0.313. The average molecular weight is 345 g/mol. The predicted molar refractivity (Wildman–Crippen MR) is 87.0 cm³/mol. The third-order valence-corrected chi connectivity index (χ3v) is 5.25. The molecular weight excluding hydrogens is 330 g/mol. The van der Waals surface area contributed by atoms with E-state index in [1.165, 1.54) is 12.1 Å². The van der Waals surface area contributed by atoms with Crippen LogP contribution in [-0.4, -0.2) is 31.1 Å². The predicted octanol–water partition coefficient (Wildman–Crippen LogP) is 4.19. The standard InChI is InChI=1S/C15H15Cl2FN2S/c16-12-9-10(18)1-2-11(12)15(13-3-4-14(17)21-13)20-7-5-19-6-8-20/h1-4,9,15,19H,5-8H2/t15-/m0/s1. The van der Waals surface area contributed by atoms with Gasteiger partial charge in [0, 0.05) is 36.1 Å². The minimum absolute atomic E-state index is 0.0256. The summed E-state index contributed by atoms with van der Waals surface area (Å²) in [5.74, 6) is -0.313. The van der Waals surface area contributed by atoms with E-state index in [1.807, 2.05) is 12.1 Å². The number of piperazine rings is 1. The van der Waals surface area contributed by atoms with Crippen LogP contribution in [0.15, 0.2) is 30.3 Å². The summed E-state index contributed by atoms with van der Waals surface area (Å²) in [6.07, 6.45) is 0. The lowest BCUT2D eigenvalue weighted by Crippen LogP contribution is -2.45. The van der Waals surface area contributed by atoms with E-state index in [4.69, 9.17) is 23.2 Å². The highest BCUT2D eigenvalue weighted by atomic mass is 35.5. The summed E-state index contributed by atoms with van der Waals surface area (Å²) in [5, 5.41) is 3.81. The molecule has 0 amide bonds. The summed E-state index contributed by atoms with van der Waals surface area (Å²) in [6, 6.07) is 8.57. The van der Waals surface area contributed by atoms with Crippen LogP contribution in [0, 0.1) is 5.82 Å². The summed E-state index contributed by atoms with van der Waals surface area (Å²) in [7, 11) is 0. The van der Waals surface area contributed by atoms with Crippen LogP contribution >= 0.6 is 34.5 Å². The van der Waals surface area contributed by atoms with Gasteiger partial charge in [0.15, 0.2) is 0 Å². The van der Waals surface area contributed by atoms with Gasteiger partial charge in [-0.1, -0.05) is 29.3 Å². The maximum absolute atomic E-state index is 13.3. The first kappa shape index (κ1) is 15.3. The number of thiophene rings is 1. The zero-order chi connectivity index (χ0) is 14.8. The molecule has 1 aromatic heterocycles. The molecule has 0 saturated carbocycles. The highest BCUT2D eigenvalue weighted by Crippen LogP contribution is 2.38. The Morgan fingerprint density at radius 2 is 1.90 bits per heavy atom. The van der Waals surface area contributed by atoms with Crippen LogP contribution in [0.1, 0.15) is 16.5 Å². The molecule has 0 spiro atoms. The third kappa shape index (κ3) is 3.41. The molecule has 2 nitrogen and oxygen atoms in total. The van der Waals surface area contributed by atoms with Crippen molar-refractivity contribution in [2.24, 2.45) is 0 Å². The van der Waals surface area contributed by atoms with Gasteiger partial charge in [0.1, 0.15) is 5.82 Å². The molecule has 21 heavy (non-hydrogen) atoms. The quantitative estimate of drug-likeness (QED) is 0.897. The lowest BCUT2D eigenvalue weighted by atomic mass is 10.0. The van der Waals surface area contributed by atoms with Gasteiger partial charge in [-0.15, -0.1) is 11.3 Å². The molecule has 0 bridgehead atoms. The van der Waals surface area contributed by atoms with Crippen LogP contribution in [0.25, 0.3) is 0 Å². The third-order valence-electron chi connectivity index (χ3n) is 3.64. The van der Waals surface area contributed by atoms with E-state index >= 15 is 0 Å². The van der Waals surface area contributed by atoms with Gasteiger partial charge in [0.05, 0.1) is 10.4 Å². The number of hydrogen-bond donors (Lipinski definition) is 1. The Labute approximate surface area is 137 Å². The van der Waals surface area contributed by atoms with E-state index in [9.17, 15) is 4.39 Å². The molecule has 2 heterocycles. The Balaban J connectivity index is 2.02. The number of rotatable bonds is 3. The molecule has 1 aliphatic rings. The second-order valence-electron chi connectivity index (χ2n) is 5.00. The van der Waals surface area contributed by atoms with E-state index in [0.29, 0.717) is 5.02 Å². The fraction of sp³-hybridized carbons (Fsp3) is 0.333. The number of nitrogens with zero attached hydrogens (tertiary/aromatic N) is 1. The summed E-state index contributed by atoms with van der Waals surface area (Å²) < 4.78 is 14.1. The van der Waals surface area contributed by atoms with Gasteiger partial charge in [-0.25, -0.2) is 4.39 Å². The van der Waals surface area contributed by atoms with Crippen molar-refractivity contribution in [3.05, 3.63) is 55.9 Å². The van der Waals surface area contributed by atoms with Crippen LogP contribution in [-0.2, 0) is 0 Å². The van der Waals surface area contributed by atoms with E-state index in [-0.39, 0.29) is 11.9 Å². The van der Waals surface area contributed by atoms with Crippen LogP contribution in [0.3, 0.4) is 0 Å². The number of benzene rings is 1. The molecule has 112 valence electrons.